The second-order valence-corrected chi connectivity index (χ2v) is 17.6. The van der Waals surface area contributed by atoms with Crippen LogP contribution in [-0.4, -0.2) is 75.8 Å². The van der Waals surface area contributed by atoms with E-state index in [4.69, 9.17) is 14.7 Å². The largest absolute Gasteiger partial charge is 0.508 e. The monoisotopic (exact) mass is 770 g/mol. The third kappa shape index (κ3) is 6.26. The number of aromatic nitrogens is 2. The van der Waals surface area contributed by atoms with Crippen molar-refractivity contribution in [3.8, 4) is 17.8 Å². The second-order valence-electron chi connectivity index (χ2n) is 17.6. The number of phenolic OH excluding ortho intramolecular Hbond substituents is 1. The van der Waals surface area contributed by atoms with Crippen molar-refractivity contribution in [3.05, 3.63) is 148 Å². The molecule has 8 heteroatoms. The van der Waals surface area contributed by atoms with Gasteiger partial charge < -0.3 is 14.7 Å². The van der Waals surface area contributed by atoms with E-state index in [9.17, 15) is 10.4 Å². The molecule has 10 rings (SSSR count). The molecule has 4 aromatic carbocycles. The molecule has 0 amide bonds. The molecule has 1 aromatic heterocycles. The van der Waals surface area contributed by atoms with Gasteiger partial charge in [-0.2, -0.15) is 15.2 Å². The van der Waals surface area contributed by atoms with Crippen LogP contribution in [0.15, 0.2) is 109 Å². The van der Waals surface area contributed by atoms with E-state index in [1.54, 1.807) is 0 Å². The standard InChI is InChI=1S/C50H54N6O2/c51-28-23-41-35-55(50(38-14-4-1-5-15-38,39-16-6-2-7-17-39)40-18-8-3-9-19-40)31-32-56(41)46-43-22-27-48(24-10-13-37-20-21-42(57)33-44(37)48)34-45(43)52-47(53-46)58-36-49-25-11-29-54(49)30-12-26-49/h1-9,14-21,33,41,57H,10-13,22-27,29-32,34-36H2/t41-,48?/m0/s1. The fraction of sp³-hybridized carbons (Fsp3) is 0.420. The van der Waals surface area contributed by atoms with Crippen molar-refractivity contribution in [2.75, 3.05) is 44.2 Å². The maximum atomic E-state index is 10.7. The van der Waals surface area contributed by atoms with Crippen LogP contribution in [0.3, 0.4) is 0 Å². The summed E-state index contributed by atoms with van der Waals surface area (Å²) >= 11 is 0. The van der Waals surface area contributed by atoms with Crippen molar-refractivity contribution in [2.45, 2.75) is 93.2 Å². The summed E-state index contributed by atoms with van der Waals surface area (Å²) in [4.78, 5) is 18.4. The summed E-state index contributed by atoms with van der Waals surface area (Å²) in [6.07, 6.45) is 11.0. The smallest absolute Gasteiger partial charge is 0.318 e. The molecule has 0 radical (unpaired) electrons. The number of hydrogen-bond donors (Lipinski definition) is 1. The number of ether oxygens (including phenoxy) is 1. The van der Waals surface area contributed by atoms with Crippen molar-refractivity contribution in [1.82, 2.24) is 19.8 Å². The van der Waals surface area contributed by atoms with E-state index in [0.29, 0.717) is 37.9 Å². The molecule has 2 aliphatic carbocycles. The van der Waals surface area contributed by atoms with Crippen molar-refractivity contribution < 1.29 is 9.84 Å². The molecule has 2 atom stereocenters. The normalized spacial score (nSPS) is 22.9. The Morgan fingerprint density at radius 3 is 2.09 bits per heavy atom. The van der Waals surface area contributed by atoms with Crippen LogP contribution >= 0.6 is 0 Å². The topological polar surface area (TPSA) is 88.8 Å². The highest BCUT2D eigenvalue weighted by Gasteiger charge is 2.48. The van der Waals surface area contributed by atoms with E-state index in [-0.39, 0.29) is 17.0 Å². The summed E-state index contributed by atoms with van der Waals surface area (Å²) in [5, 5.41) is 21.2. The van der Waals surface area contributed by atoms with Crippen LogP contribution in [0.25, 0.3) is 0 Å². The third-order valence-corrected chi connectivity index (χ3v) is 14.6. The van der Waals surface area contributed by atoms with Crippen molar-refractivity contribution in [2.24, 2.45) is 0 Å². The molecule has 5 aromatic rings. The Kier molecular flexibility index (Phi) is 9.70. The first-order chi connectivity index (χ1) is 28.5. The molecule has 5 aliphatic rings. The highest BCUT2D eigenvalue weighted by atomic mass is 16.5. The van der Waals surface area contributed by atoms with Gasteiger partial charge in [-0.3, -0.25) is 9.80 Å². The number of piperazine rings is 1. The van der Waals surface area contributed by atoms with Gasteiger partial charge in [0.15, 0.2) is 0 Å². The molecule has 3 aliphatic heterocycles. The van der Waals surface area contributed by atoms with Crippen LogP contribution in [-0.2, 0) is 30.2 Å². The van der Waals surface area contributed by atoms with E-state index in [1.165, 1.54) is 46.2 Å². The Hall–Kier alpha value is -5.23. The van der Waals surface area contributed by atoms with Crippen LogP contribution in [0.5, 0.6) is 11.8 Å². The molecule has 4 heterocycles. The number of phenols is 1. The lowest BCUT2D eigenvalue weighted by molar-refractivity contribution is 0.106. The molecule has 1 N–H and O–H groups in total. The van der Waals surface area contributed by atoms with E-state index in [1.807, 2.05) is 12.1 Å². The van der Waals surface area contributed by atoms with E-state index >= 15 is 0 Å². The average Bonchev–Trinajstić information content (AvgIpc) is 3.86. The second kappa shape index (κ2) is 15.2. The van der Waals surface area contributed by atoms with Crippen molar-refractivity contribution in [3.63, 3.8) is 0 Å². The van der Waals surface area contributed by atoms with Crippen LogP contribution in [0.2, 0.25) is 0 Å². The molecule has 296 valence electrons. The van der Waals surface area contributed by atoms with Gasteiger partial charge in [-0.25, -0.2) is 0 Å². The van der Waals surface area contributed by atoms with Crippen LogP contribution in [0, 0.1) is 11.3 Å². The average molecular weight is 771 g/mol. The number of aryl methyl sites for hydroxylation is 1. The maximum absolute atomic E-state index is 10.7. The zero-order valence-electron chi connectivity index (χ0n) is 33.5. The van der Waals surface area contributed by atoms with Crippen LogP contribution < -0.4 is 9.64 Å². The Morgan fingerprint density at radius 2 is 1.43 bits per heavy atom. The van der Waals surface area contributed by atoms with Gasteiger partial charge in [0.2, 0.25) is 0 Å². The molecule has 0 saturated carbocycles. The van der Waals surface area contributed by atoms with E-state index < -0.39 is 5.54 Å². The molecule has 58 heavy (non-hydrogen) atoms. The van der Waals surface area contributed by atoms with Gasteiger partial charge >= 0.3 is 6.01 Å². The predicted octanol–water partition coefficient (Wildman–Crippen LogP) is 8.35. The minimum Gasteiger partial charge on any atom is -0.508 e. The highest BCUT2D eigenvalue weighted by Crippen LogP contribution is 2.50. The number of anilines is 1. The first-order valence-corrected chi connectivity index (χ1v) is 21.7. The molecule has 1 unspecified atom stereocenters. The van der Waals surface area contributed by atoms with Crippen molar-refractivity contribution in [1.29, 1.82) is 5.26 Å². The first-order valence-electron chi connectivity index (χ1n) is 21.7. The zero-order chi connectivity index (χ0) is 39.2. The number of rotatable bonds is 9. The van der Waals surface area contributed by atoms with E-state index in [2.05, 4.69) is 118 Å². The zero-order valence-corrected chi connectivity index (χ0v) is 33.5. The lowest BCUT2D eigenvalue weighted by Crippen LogP contribution is -2.60. The molecule has 3 fully saturated rings. The van der Waals surface area contributed by atoms with E-state index in [0.717, 1.165) is 82.5 Å². The van der Waals surface area contributed by atoms with Crippen LogP contribution in [0.4, 0.5) is 5.82 Å². The third-order valence-electron chi connectivity index (χ3n) is 14.6. The minimum atomic E-state index is -0.566. The first kappa shape index (κ1) is 37.1. The number of fused-ring (bicyclic) bond motifs is 4. The maximum Gasteiger partial charge on any atom is 0.318 e. The molecule has 1 spiro atoms. The van der Waals surface area contributed by atoms with Crippen LogP contribution in [0.1, 0.15) is 90.4 Å². The summed E-state index contributed by atoms with van der Waals surface area (Å²) in [7, 11) is 0. The Bertz CT molecular complexity index is 2190. The van der Waals surface area contributed by atoms with Gasteiger partial charge in [-0.1, -0.05) is 97.1 Å². The number of aromatic hydroxyl groups is 1. The summed E-state index contributed by atoms with van der Waals surface area (Å²) in [6, 6.07) is 41.6. The quantitative estimate of drug-likeness (QED) is 0.150. The summed E-state index contributed by atoms with van der Waals surface area (Å²) < 4.78 is 6.79. The van der Waals surface area contributed by atoms with Gasteiger partial charge in [0.1, 0.15) is 18.2 Å². The summed E-state index contributed by atoms with van der Waals surface area (Å²) in [6.45, 7) is 5.05. The Labute approximate surface area is 343 Å². The number of benzene rings is 4. The SMILES string of the molecule is N#CC[C@H]1CN(C(c2ccccc2)(c2ccccc2)c2ccccc2)CCN1c1nc(OCC23CCCN2CCC3)nc2c1CCC1(CCCc3ccc(O)cc31)C2. The van der Waals surface area contributed by atoms with Gasteiger partial charge in [0.25, 0.3) is 0 Å². The summed E-state index contributed by atoms with van der Waals surface area (Å²) in [5.74, 6) is 1.28. The fourth-order valence-electron chi connectivity index (χ4n) is 11.9. The summed E-state index contributed by atoms with van der Waals surface area (Å²) in [5.41, 5.74) is 7.96. The predicted molar refractivity (Wildman–Crippen MR) is 227 cm³/mol. The lowest BCUT2D eigenvalue weighted by atomic mass is 9.62. The molecular weight excluding hydrogens is 717 g/mol. The Morgan fingerprint density at radius 1 is 0.759 bits per heavy atom. The highest BCUT2D eigenvalue weighted by molar-refractivity contribution is 5.56. The number of hydrogen-bond acceptors (Lipinski definition) is 8. The molecular formula is C50H54N6O2. The molecule has 3 saturated heterocycles. The van der Waals surface area contributed by atoms with Gasteiger partial charge in [-0.05, 0) is 117 Å². The number of nitrogens with zero attached hydrogens (tertiary/aromatic N) is 6. The lowest BCUT2D eigenvalue weighted by Gasteiger charge is -2.52. The van der Waals surface area contributed by atoms with Gasteiger partial charge in [0, 0.05) is 30.6 Å². The van der Waals surface area contributed by atoms with Crippen molar-refractivity contribution >= 4 is 5.82 Å². The molecule has 8 nitrogen and oxygen atoms in total. The molecule has 0 bridgehead atoms. The Balaban J connectivity index is 1.06. The minimum absolute atomic E-state index is 0.0745. The number of nitriles is 1. The van der Waals surface area contributed by atoms with Gasteiger partial charge in [-0.15, -0.1) is 0 Å². The fourth-order valence-corrected chi connectivity index (χ4v) is 11.9. The van der Waals surface area contributed by atoms with Gasteiger partial charge in [0.05, 0.1) is 35.3 Å².